The maximum absolute atomic E-state index is 6.35. The molecule has 2 saturated carbocycles. The van der Waals surface area contributed by atoms with Gasteiger partial charge in [-0.15, -0.1) is 11.5 Å². The summed E-state index contributed by atoms with van der Waals surface area (Å²) in [7, 11) is -1.27. The van der Waals surface area contributed by atoms with Crippen LogP contribution in [0.4, 0.5) is 0 Å². The lowest BCUT2D eigenvalue weighted by molar-refractivity contribution is -0.0235. The number of nitrogens with zero attached hydrogens (tertiary/aromatic N) is 2. The summed E-state index contributed by atoms with van der Waals surface area (Å²) in [4.78, 5) is 4.08. The van der Waals surface area contributed by atoms with Crippen molar-refractivity contribution in [1.82, 2.24) is 9.55 Å². The van der Waals surface area contributed by atoms with Crippen molar-refractivity contribution < 1.29 is 4.74 Å². The Morgan fingerprint density at radius 3 is 2.73 bits per heavy atom. The van der Waals surface area contributed by atoms with Crippen LogP contribution in [0.5, 0.6) is 0 Å². The molecule has 0 N–H and O–H groups in total. The Hall–Kier alpha value is -1.12. The molecule has 0 radical (unpaired) electrons. The Labute approximate surface area is 164 Å². The summed E-state index contributed by atoms with van der Waals surface area (Å²) >= 11 is 5.52. The summed E-state index contributed by atoms with van der Waals surface area (Å²) < 4.78 is 8.15. The van der Waals surface area contributed by atoms with Gasteiger partial charge in [-0.3, -0.25) is 4.57 Å². The molecule has 4 atom stereocenters. The lowest BCUT2D eigenvalue weighted by Crippen LogP contribution is -2.44. The zero-order valence-electron chi connectivity index (χ0n) is 17.0. The molecule has 2 fully saturated rings. The van der Waals surface area contributed by atoms with Crippen LogP contribution >= 0.6 is 12.2 Å². The van der Waals surface area contributed by atoms with Crippen molar-refractivity contribution >= 4 is 25.5 Å². The average molecular weight is 389 g/mol. The molecule has 0 bridgehead atoms. The first-order valence-electron chi connectivity index (χ1n) is 9.73. The van der Waals surface area contributed by atoms with Gasteiger partial charge in [0.1, 0.15) is 20.5 Å². The van der Waals surface area contributed by atoms with Crippen molar-refractivity contribution in [2.45, 2.75) is 72.2 Å². The minimum Gasteiger partial charge on any atom is -0.466 e. The van der Waals surface area contributed by atoms with E-state index in [1.165, 1.54) is 19.3 Å². The number of aromatic nitrogens is 2. The number of hydrogen-bond acceptors (Lipinski definition) is 3. The van der Waals surface area contributed by atoms with Gasteiger partial charge in [-0.2, -0.15) is 0 Å². The van der Waals surface area contributed by atoms with Gasteiger partial charge in [0, 0.05) is 24.7 Å². The maximum atomic E-state index is 6.35. The van der Waals surface area contributed by atoms with E-state index in [1.54, 1.807) is 17.1 Å². The van der Waals surface area contributed by atoms with E-state index in [-0.39, 0.29) is 11.5 Å². The second kappa shape index (κ2) is 6.80. The number of imidazole rings is 1. The fourth-order valence-electron chi connectivity index (χ4n) is 4.65. The lowest BCUT2D eigenvalue weighted by Gasteiger charge is -2.45. The van der Waals surface area contributed by atoms with Gasteiger partial charge in [-0.1, -0.05) is 40.4 Å². The number of rotatable bonds is 3. The molecule has 1 aromatic heterocycles. The molecule has 2 aliphatic rings. The number of fused-ring (bicyclic) bond motifs is 1. The quantitative estimate of drug-likeness (QED) is 0.408. The molecule has 0 aromatic carbocycles. The molecule has 1 aromatic rings. The summed E-state index contributed by atoms with van der Waals surface area (Å²) in [6, 6.07) is 0. The highest BCUT2D eigenvalue weighted by Gasteiger charge is 2.65. The van der Waals surface area contributed by atoms with E-state index in [2.05, 4.69) is 56.9 Å². The van der Waals surface area contributed by atoms with E-state index in [0.717, 1.165) is 6.42 Å². The van der Waals surface area contributed by atoms with Gasteiger partial charge in [-0.25, -0.2) is 4.98 Å². The topological polar surface area (TPSA) is 27.1 Å². The first kappa shape index (κ1) is 19.6. The third-order valence-corrected chi connectivity index (χ3v) is 7.58. The van der Waals surface area contributed by atoms with Gasteiger partial charge in [0.15, 0.2) is 0 Å². The molecule has 0 unspecified atom stereocenters. The summed E-state index contributed by atoms with van der Waals surface area (Å²) in [5.41, 5.74) is 4.18. The standard InChI is InChI=1S/C21H32N2OSSi/c1-16-18(24-19(25)23-11-10-22-15-23)17-13-21(17,14-20(16,2)3)9-7-8-12-26(4,5)6/h10-11,15-18H,7,9,13-14H2,1-6H3/t16-,17-,18-,21+/m0/s1. The largest absolute Gasteiger partial charge is 0.466 e. The fraction of sp³-hybridized carbons (Fsp3) is 0.714. The molecule has 0 aliphatic heterocycles. The van der Waals surface area contributed by atoms with Gasteiger partial charge >= 0.3 is 0 Å². The van der Waals surface area contributed by atoms with Gasteiger partial charge in [0.05, 0.1) is 0 Å². The molecule has 5 heteroatoms. The lowest BCUT2D eigenvalue weighted by atomic mass is 9.63. The maximum Gasteiger partial charge on any atom is 0.269 e. The van der Waals surface area contributed by atoms with E-state index in [9.17, 15) is 0 Å². The zero-order chi connectivity index (χ0) is 19.2. The first-order chi connectivity index (χ1) is 12.0. The van der Waals surface area contributed by atoms with E-state index < -0.39 is 8.07 Å². The smallest absolute Gasteiger partial charge is 0.269 e. The molecule has 2 aliphatic carbocycles. The van der Waals surface area contributed by atoms with Crippen LogP contribution in [0.1, 0.15) is 46.5 Å². The molecular weight excluding hydrogens is 356 g/mol. The van der Waals surface area contributed by atoms with Crippen LogP contribution in [-0.4, -0.2) is 28.9 Å². The highest BCUT2D eigenvalue weighted by atomic mass is 32.1. The highest BCUT2D eigenvalue weighted by molar-refractivity contribution is 7.80. The Bertz CT molecular complexity index is 725. The number of hydrogen-bond donors (Lipinski definition) is 0. The molecule has 1 heterocycles. The molecular formula is C21H32N2OSSi. The van der Waals surface area contributed by atoms with Crippen molar-refractivity contribution in [1.29, 1.82) is 0 Å². The van der Waals surface area contributed by atoms with Crippen LogP contribution in [0.15, 0.2) is 18.7 Å². The molecule has 3 nitrogen and oxygen atoms in total. The molecule has 26 heavy (non-hydrogen) atoms. The van der Waals surface area contributed by atoms with Crippen molar-refractivity contribution in [3.8, 4) is 11.5 Å². The number of thiocarbonyl (C=S) groups is 1. The predicted octanol–water partition coefficient (Wildman–Crippen LogP) is 5.13. The van der Waals surface area contributed by atoms with Gasteiger partial charge in [0.2, 0.25) is 0 Å². The van der Waals surface area contributed by atoms with Crippen LogP contribution < -0.4 is 0 Å². The average Bonchev–Trinajstić information content (AvgIpc) is 2.97. The van der Waals surface area contributed by atoms with E-state index in [0.29, 0.717) is 22.4 Å². The first-order valence-corrected chi connectivity index (χ1v) is 13.6. The van der Waals surface area contributed by atoms with Crippen LogP contribution in [0, 0.1) is 34.1 Å². The Balaban J connectivity index is 1.70. The monoisotopic (exact) mass is 388 g/mol. The summed E-state index contributed by atoms with van der Waals surface area (Å²) in [5, 5.41) is 0.524. The second-order valence-corrected chi connectivity index (χ2v) is 15.1. The van der Waals surface area contributed by atoms with Gasteiger partial charge < -0.3 is 4.74 Å². The molecule has 142 valence electrons. The predicted molar refractivity (Wildman–Crippen MR) is 114 cm³/mol. The SMILES string of the molecule is C[C@H]1[C@H](OC(=S)n2ccnc2)[C@@H]2C[C@]2(CCC#C[Si](C)(C)C)CC1(C)C. The van der Waals surface area contributed by atoms with Gasteiger partial charge in [-0.05, 0) is 48.2 Å². The Morgan fingerprint density at radius 2 is 2.12 bits per heavy atom. The van der Waals surface area contributed by atoms with Crippen LogP contribution in [-0.2, 0) is 4.74 Å². The summed E-state index contributed by atoms with van der Waals surface area (Å²) in [6.07, 6.45) is 10.2. The Morgan fingerprint density at radius 1 is 1.38 bits per heavy atom. The van der Waals surface area contributed by atoms with Crippen molar-refractivity contribution in [3.63, 3.8) is 0 Å². The normalized spacial score (nSPS) is 32.2. The number of ether oxygens (including phenoxy) is 1. The highest BCUT2D eigenvalue weighted by Crippen LogP contribution is 2.69. The Kier molecular flexibility index (Phi) is 5.13. The molecule has 0 amide bonds. The summed E-state index contributed by atoms with van der Waals surface area (Å²) in [5.74, 6) is 4.57. The third kappa shape index (κ3) is 4.07. The molecule has 3 rings (SSSR count). The minimum atomic E-state index is -1.27. The van der Waals surface area contributed by atoms with Crippen molar-refractivity contribution in [2.24, 2.45) is 22.7 Å². The van der Waals surface area contributed by atoms with Crippen molar-refractivity contribution in [3.05, 3.63) is 18.7 Å². The summed E-state index contributed by atoms with van der Waals surface area (Å²) in [6.45, 7) is 14.0. The van der Waals surface area contributed by atoms with Crippen LogP contribution in [0.3, 0.4) is 0 Å². The van der Waals surface area contributed by atoms with Crippen LogP contribution in [0.2, 0.25) is 19.6 Å². The molecule has 0 spiro atoms. The molecule has 0 saturated heterocycles. The van der Waals surface area contributed by atoms with E-state index >= 15 is 0 Å². The zero-order valence-corrected chi connectivity index (χ0v) is 18.8. The third-order valence-electron chi connectivity index (χ3n) is 6.35. The minimum absolute atomic E-state index is 0.193. The van der Waals surface area contributed by atoms with E-state index in [4.69, 9.17) is 17.0 Å². The van der Waals surface area contributed by atoms with E-state index in [1.807, 2.05) is 6.20 Å². The fourth-order valence-corrected chi connectivity index (χ4v) is 5.53. The second-order valence-electron chi connectivity index (χ2n) is 10.00. The van der Waals surface area contributed by atoms with Gasteiger partial charge in [0.25, 0.3) is 5.17 Å². The van der Waals surface area contributed by atoms with Crippen LogP contribution in [0.25, 0.3) is 0 Å². The van der Waals surface area contributed by atoms with Crippen molar-refractivity contribution in [2.75, 3.05) is 0 Å².